The molecular formula is C16H19N3O3. The molecule has 0 bridgehead atoms. The maximum Gasteiger partial charge on any atom is 0.230 e. The zero-order valence-electron chi connectivity index (χ0n) is 12.6. The molecule has 3 heterocycles. The predicted molar refractivity (Wildman–Crippen MR) is 78.9 cm³/mol. The van der Waals surface area contributed by atoms with Crippen molar-refractivity contribution in [3.05, 3.63) is 35.5 Å². The summed E-state index contributed by atoms with van der Waals surface area (Å²) < 4.78 is 16.8. The first kappa shape index (κ1) is 13.6. The normalized spacial score (nSPS) is 21.2. The smallest absolute Gasteiger partial charge is 0.230 e. The number of fused-ring (bicyclic) bond motifs is 1. The monoisotopic (exact) mass is 301 g/mol. The summed E-state index contributed by atoms with van der Waals surface area (Å²) in [5, 5.41) is 8.01. The molecule has 2 aromatic rings. The van der Waals surface area contributed by atoms with Gasteiger partial charge in [-0.25, -0.2) is 0 Å². The Morgan fingerprint density at radius 1 is 1.18 bits per heavy atom. The van der Waals surface area contributed by atoms with Gasteiger partial charge in [-0.1, -0.05) is 6.07 Å². The number of hydrogen-bond acceptors (Lipinski definition) is 6. The summed E-state index contributed by atoms with van der Waals surface area (Å²) in [5.41, 5.74) is 1.26. The third-order valence-corrected chi connectivity index (χ3v) is 4.22. The largest absolute Gasteiger partial charge is 0.486 e. The summed E-state index contributed by atoms with van der Waals surface area (Å²) in [4.78, 5) is 2.39. The van der Waals surface area contributed by atoms with Crippen LogP contribution in [0.3, 0.4) is 0 Å². The van der Waals surface area contributed by atoms with E-state index in [4.69, 9.17) is 13.9 Å². The van der Waals surface area contributed by atoms with Gasteiger partial charge < -0.3 is 13.9 Å². The van der Waals surface area contributed by atoms with Gasteiger partial charge in [-0.15, -0.1) is 10.2 Å². The van der Waals surface area contributed by atoms with E-state index < -0.39 is 0 Å². The summed E-state index contributed by atoms with van der Waals surface area (Å²) in [7, 11) is 0. The fraction of sp³-hybridized carbons (Fsp3) is 0.500. The van der Waals surface area contributed by atoms with E-state index in [0.29, 0.717) is 37.6 Å². The van der Waals surface area contributed by atoms with E-state index in [0.717, 1.165) is 24.5 Å². The molecule has 1 aromatic heterocycles. The van der Waals surface area contributed by atoms with Crippen LogP contribution < -0.4 is 9.47 Å². The summed E-state index contributed by atoms with van der Waals surface area (Å²) in [6.45, 7) is 4.80. The van der Waals surface area contributed by atoms with Gasteiger partial charge in [-0.3, -0.25) is 4.90 Å². The molecule has 6 nitrogen and oxygen atoms in total. The van der Waals surface area contributed by atoms with Crippen molar-refractivity contribution >= 4 is 0 Å². The molecule has 0 amide bonds. The molecule has 1 atom stereocenters. The highest BCUT2D eigenvalue weighted by atomic mass is 16.6. The summed E-state index contributed by atoms with van der Waals surface area (Å²) >= 11 is 0. The van der Waals surface area contributed by atoms with E-state index in [-0.39, 0.29) is 0 Å². The molecule has 2 aliphatic rings. The molecule has 0 aliphatic carbocycles. The molecule has 116 valence electrons. The average molecular weight is 301 g/mol. The van der Waals surface area contributed by atoms with Gasteiger partial charge in [0.2, 0.25) is 11.8 Å². The molecule has 0 unspecified atom stereocenters. The molecule has 0 N–H and O–H groups in total. The van der Waals surface area contributed by atoms with Crippen LogP contribution in [0, 0.1) is 6.92 Å². The van der Waals surface area contributed by atoms with Crippen LogP contribution >= 0.6 is 0 Å². The Hall–Kier alpha value is -2.08. The Kier molecular flexibility index (Phi) is 3.46. The predicted octanol–water partition coefficient (Wildman–Crippen LogP) is 2.49. The van der Waals surface area contributed by atoms with Gasteiger partial charge in [0.15, 0.2) is 11.5 Å². The Morgan fingerprint density at radius 3 is 2.86 bits per heavy atom. The van der Waals surface area contributed by atoms with E-state index in [1.54, 1.807) is 0 Å². The van der Waals surface area contributed by atoms with Crippen LogP contribution in [0.4, 0.5) is 0 Å². The van der Waals surface area contributed by atoms with Gasteiger partial charge in [0.25, 0.3) is 0 Å². The van der Waals surface area contributed by atoms with Crippen LogP contribution in [-0.2, 0) is 6.54 Å². The lowest BCUT2D eigenvalue weighted by molar-refractivity contribution is 0.170. The fourth-order valence-corrected chi connectivity index (χ4v) is 3.24. The molecule has 2 aliphatic heterocycles. The van der Waals surface area contributed by atoms with Crippen LogP contribution in [0.1, 0.15) is 36.2 Å². The van der Waals surface area contributed by atoms with Gasteiger partial charge in [-0.2, -0.15) is 0 Å². The first-order chi connectivity index (χ1) is 10.8. The van der Waals surface area contributed by atoms with Gasteiger partial charge in [0, 0.05) is 13.0 Å². The first-order valence-electron chi connectivity index (χ1n) is 7.72. The van der Waals surface area contributed by atoms with Crippen molar-refractivity contribution in [3.63, 3.8) is 0 Å². The minimum atomic E-state index is 0.364. The van der Waals surface area contributed by atoms with Crippen molar-refractivity contribution in [2.45, 2.75) is 32.4 Å². The van der Waals surface area contributed by atoms with E-state index in [2.05, 4.69) is 27.2 Å². The molecular weight excluding hydrogens is 282 g/mol. The SMILES string of the molecule is Cc1nnc(CN2CCC[C@@H]2c2ccc3c(c2)OCCO3)o1. The fourth-order valence-electron chi connectivity index (χ4n) is 3.24. The number of likely N-dealkylation sites (tertiary alicyclic amines) is 1. The van der Waals surface area contributed by atoms with Gasteiger partial charge in [-0.05, 0) is 37.1 Å². The second kappa shape index (κ2) is 5.61. The highest BCUT2D eigenvalue weighted by Gasteiger charge is 2.28. The van der Waals surface area contributed by atoms with E-state index >= 15 is 0 Å². The molecule has 4 rings (SSSR count). The Bertz CT molecular complexity index is 670. The van der Waals surface area contributed by atoms with Gasteiger partial charge in [0.05, 0.1) is 6.54 Å². The molecule has 1 fully saturated rings. The third kappa shape index (κ3) is 2.54. The number of hydrogen-bond donors (Lipinski definition) is 0. The topological polar surface area (TPSA) is 60.6 Å². The summed E-state index contributed by atoms with van der Waals surface area (Å²) in [6, 6.07) is 6.62. The average Bonchev–Trinajstić information content (AvgIpc) is 3.16. The van der Waals surface area contributed by atoms with Gasteiger partial charge in [0.1, 0.15) is 13.2 Å². The highest BCUT2D eigenvalue weighted by Crippen LogP contribution is 2.38. The summed E-state index contributed by atoms with van der Waals surface area (Å²) in [6.07, 6.45) is 2.30. The first-order valence-corrected chi connectivity index (χ1v) is 7.72. The van der Waals surface area contributed by atoms with E-state index in [1.165, 1.54) is 12.0 Å². The second-order valence-corrected chi connectivity index (χ2v) is 5.75. The number of aromatic nitrogens is 2. The maximum atomic E-state index is 5.70. The molecule has 1 aromatic carbocycles. The molecule has 0 radical (unpaired) electrons. The number of rotatable bonds is 3. The summed E-state index contributed by atoms with van der Waals surface area (Å²) in [5.74, 6) is 2.99. The molecule has 0 spiro atoms. The Labute approximate surface area is 129 Å². The van der Waals surface area contributed by atoms with E-state index in [9.17, 15) is 0 Å². The van der Waals surface area contributed by atoms with Crippen LogP contribution in [0.25, 0.3) is 0 Å². The number of benzene rings is 1. The van der Waals surface area contributed by atoms with Crippen molar-refractivity contribution in [2.75, 3.05) is 19.8 Å². The van der Waals surface area contributed by atoms with Crippen molar-refractivity contribution < 1.29 is 13.9 Å². The third-order valence-electron chi connectivity index (χ3n) is 4.22. The lowest BCUT2D eigenvalue weighted by Gasteiger charge is -2.25. The number of ether oxygens (including phenoxy) is 2. The Balaban J connectivity index is 1.55. The lowest BCUT2D eigenvalue weighted by atomic mass is 10.0. The minimum Gasteiger partial charge on any atom is -0.486 e. The highest BCUT2D eigenvalue weighted by molar-refractivity contribution is 5.44. The lowest BCUT2D eigenvalue weighted by Crippen LogP contribution is -2.23. The van der Waals surface area contributed by atoms with Crippen LogP contribution in [0.5, 0.6) is 11.5 Å². The van der Waals surface area contributed by atoms with Crippen LogP contribution in [-0.4, -0.2) is 34.9 Å². The maximum absolute atomic E-state index is 5.70. The molecule has 6 heteroatoms. The standard InChI is InChI=1S/C16H19N3O3/c1-11-17-18-16(22-11)10-19-6-2-3-13(19)12-4-5-14-15(9-12)21-8-7-20-14/h4-5,9,13H,2-3,6-8,10H2,1H3/t13-/m1/s1. The second-order valence-electron chi connectivity index (χ2n) is 5.75. The number of nitrogens with zero attached hydrogens (tertiary/aromatic N) is 3. The number of aryl methyl sites for hydroxylation is 1. The van der Waals surface area contributed by atoms with Crippen molar-refractivity contribution in [1.29, 1.82) is 0 Å². The van der Waals surface area contributed by atoms with Crippen molar-refractivity contribution in [2.24, 2.45) is 0 Å². The quantitative estimate of drug-likeness (QED) is 0.868. The molecule has 0 saturated carbocycles. The zero-order valence-corrected chi connectivity index (χ0v) is 12.6. The van der Waals surface area contributed by atoms with Gasteiger partial charge >= 0.3 is 0 Å². The van der Waals surface area contributed by atoms with E-state index in [1.807, 2.05) is 13.0 Å². The Morgan fingerprint density at radius 2 is 2.05 bits per heavy atom. The zero-order chi connectivity index (χ0) is 14.9. The van der Waals surface area contributed by atoms with Crippen LogP contribution in [0.15, 0.2) is 22.6 Å². The van der Waals surface area contributed by atoms with Crippen molar-refractivity contribution in [3.8, 4) is 11.5 Å². The van der Waals surface area contributed by atoms with Crippen LogP contribution in [0.2, 0.25) is 0 Å². The molecule has 1 saturated heterocycles. The minimum absolute atomic E-state index is 0.364. The molecule has 22 heavy (non-hydrogen) atoms. The van der Waals surface area contributed by atoms with Crippen molar-refractivity contribution in [1.82, 2.24) is 15.1 Å².